The zero-order chi connectivity index (χ0) is 84.7. The van der Waals surface area contributed by atoms with Crippen molar-refractivity contribution in [2.75, 3.05) is 125 Å². The van der Waals surface area contributed by atoms with E-state index in [1.54, 1.807) is 0 Å². The molecule has 0 saturated carbocycles. The fraction of sp³-hybridized carbons (Fsp3) is 0.656. The summed E-state index contributed by atoms with van der Waals surface area (Å²) in [6, 6.07) is 7.06. The van der Waals surface area contributed by atoms with Crippen LogP contribution >= 0.6 is 0 Å². The summed E-state index contributed by atoms with van der Waals surface area (Å²) in [4.78, 5) is 57.0. The van der Waals surface area contributed by atoms with E-state index in [9.17, 15) is 123 Å². The van der Waals surface area contributed by atoms with E-state index in [1.807, 2.05) is 13.8 Å². The normalized spacial score (nSPS) is 12.5. The van der Waals surface area contributed by atoms with Crippen molar-refractivity contribution in [1.29, 1.82) is 0 Å². The van der Waals surface area contributed by atoms with Crippen molar-refractivity contribution in [3.63, 3.8) is 0 Å². The Balaban J connectivity index is 2.21. The van der Waals surface area contributed by atoms with Crippen molar-refractivity contribution in [2.24, 2.45) is 0 Å². The third kappa shape index (κ3) is 46.4. The average molecular weight is 1780 g/mol. The Morgan fingerprint density at radius 2 is 0.487 bits per heavy atom. The Bertz CT molecular complexity index is 4150. The van der Waals surface area contributed by atoms with Gasteiger partial charge in [0.25, 0.3) is 98.7 Å². The monoisotopic (exact) mass is 1770 g/mol. The highest BCUT2D eigenvalue weighted by molar-refractivity contribution is 7.87. The number of nitrogens with one attached hydrogen (secondary N) is 4. The number of ether oxygens (including phenoxy) is 9. The lowest BCUT2D eigenvalue weighted by Crippen LogP contribution is -2.49. The van der Waals surface area contributed by atoms with Crippen molar-refractivity contribution < 1.29 is 166 Å². The second kappa shape index (κ2) is 48.5. The molecule has 4 amide bonds. The first-order valence-corrected chi connectivity index (χ1v) is 48.4. The number of benzene rings is 3. The number of rotatable bonds is 63. The van der Waals surface area contributed by atoms with Crippen LogP contribution in [0.15, 0.2) is 36.4 Å². The molecule has 0 bridgehead atoms. The van der Waals surface area contributed by atoms with Gasteiger partial charge < -0.3 is 63.9 Å². The summed E-state index contributed by atoms with van der Waals surface area (Å²) in [5, 5.41) is 11.4. The van der Waals surface area contributed by atoms with Crippen molar-refractivity contribution in [1.82, 2.24) is 21.3 Å². The molecule has 12 N–H and O–H groups in total. The highest BCUT2D eigenvalue weighted by atomic mass is 32.2. The molecule has 0 radical (unpaired) electrons. The zero-order valence-corrected chi connectivity index (χ0v) is 68.8. The molecule has 648 valence electrons. The first-order valence-electron chi connectivity index (χ1n) is 35.5. The summed E-state index contributed by atoms with van der Waals surface area (Å²) < 4.78 is 313. The van der Waals surface area contributed by atoms with E-state index in [0.717, 1.165) is 24.3 Å². The van der Waals surface area contributed by atoms with E-state index in [2.05, 4.69) is 21.3 Å². The first-order chi connectivity index (χ1) is 52.6. The standard InChI is InChI=1S/C64H102N4O37S8/c1-3-5-18-57(69)68-64(19-7-22-65-61(70)48-42-51(97-26-10-34-106(73,74)75)58(103-25-6-4-2)52(43-48)98-27-11-35-107(76,77)78,20-8-23-66-62(71)49-44-53(99-28-12-36-108(79,80)81)59(104-32-16-40-112(91,92)93)54(45-49)100-29-13-37-109(82,83)84)21-9-24-67-63(72)50-46-55(101-30-14-38-110(85,86)87)60(105-33-17-41-113(94,95)96)56(47-50)102-31-15-39-111(88,89)90/h42-47H,3-41H2,1-2H3,(H,65,70)(H,66,71)(H,67,72)(H,68,69)(H,73,74,75)(H,76,77,78)(H,79,80,81)(H,82,83,84)(H,85,86,87)(H,88,89,90)(H,91,92,93)(H,94,95,96). The first kappa shape index (κ1) is 100. The van der Waals surface area contributed by atoms with E-state index in [1.165, 1.54) is 12.1 Å². The van der Waals surface area contributed by atoms with Crippen LogP contribution in [0.1, 0.15) is 167 Å². The Kier molecular flexibility index (Phi) is 43.0. The van der Waals surface area contributed by atoms with Gasteiger partial charge in [-0.2, -0.15) is 67.3 Å². The van der Waals surface area contributed by atoms with Gasteiger partial charge in [-0.25, -0.2) is 0 Å². The minimum absolute atomic E-state index is 0.00238. The number of hydrogen-bond donors (Lipinski definition) is 12. The third-order valence-electron chi connectivity index (χ3n) is 15.5. The van der Waals surface area contributed by atoms with Gasteiger partial charge in [-0.15, -0.1) is 0 Å². The summed E-state index contributed by atoms with van der Waals surface area (Å²) in [5.74, 6) is -11.1. The predicted octanol–water partition coefficient (Wildman–Crippen LogP) is 4.09. The van der Waals surface area contributed by atoms with Crippen LogP contribution in [0.2, 0.25) is 0 Å². The maximum Gasteiger partial charge on any atom is 0.264 e. The lowest BCUT2D eigenvalue weighted by Gasteiger charge is -2.36. The fourth-order valence-electron chi connectivity index (χ4n) is 10.3. The smallest absolute Gasteiger partial charge is 0.264 e. The largest absolute Gasteiger partial charge is 0.489 e. The topological polar surface area (TPSA) is 634 Å². The number of hydrogen-bond acceptors (Lipinski definition) is 29. The molecular formula is C64H102N4O37S8. The van der Waals surface area contributed by atoms with Crippen molar-refractivity contribution >= 4 is 105 Å². The second-order valence-electron chi connectivity index (χ2n) is 25.5. The van der Waals surface area contributed by atoms with Gasteiger partial charge in [0.2, 0.25) is 23.2 Å². The summed E-state index contributed by atoms with van der Waals surface area (Å²) in [6.07, 6.45) is -0.0706. The van der Waals surface area contributed by atoms with Gasteiger partial charge in [0, 0.05) is 48.3 Å². The van der Waals surface area contributed by atoms with E-state index in [4.69, 9.17) is 42.6 Å². The van der Waals surface area contributed by atoms with Gasteiger partial charge in [-0.1, -0.05) is 26.7 Å². The summed E-state index contributed by atoms with van der Waals surface area (Å²) in [5.41, 5.74) is -1.88. The highest BCUT2D eigenvalue weighted by Gasteiger charge is 2.32. The summed E-state index contributed by atoms with van der Waals surface area (Å²) in [7, 11) is -35.9. The van der Waals surface area contributed by atoms with Crippen molar-refractivity contribution in [3.8, 4) is 51.7 Å². The quantitative estimate of drug-likeness (QED) is 0.0279. The number of carbonyl (C=O) groups is 4. The number of amides is 4. The molecule has 0 heterocycles. The second-order valence-corrected chi connectivity index (χ2v) is 38.1. The van der Waals surface area contributed by atoms with E-state index >= 15 is 0 Å². The SMILES string of the molecule is CCCCOc1c(OCCCS(=O)(=O)O)cc(C(=O)NCCCC(CCCNC(=O)c2cc(OCCCS(=O)(=O)O)c(OCCCS(=O)(=O)O)c(OCCCS(=O)(=O)O)c2)(CCCNC(=O)c2cc(OCCCS(=O)(=O)O)c(OCCCS(=O)(=O)O)c(OCCCS(=O)(=O)O)c2)NC(=O)CCCC)cc1OCCCS(=O)(=O)O. The zero-order valence-electron chi connectivity index (χ0n) is 62.2. The van der Waals surface area contributed by atoms with Crippen LogP contribution in [0.3, 0.4) is 0 Å². The summed E-state index contributed by atoms with van der Waals surface area (Å²) in [6.45, 7) is -0.128. The molecule has 49 heteroatoms. The van der Waals surface area contributed by atoms with Crippen LogP contribution in [-0.4, -0.2) is 258 Å². The molecule has 0 aliphatic carbocycles. The van der Waals surface area contributed by atoms with Crippen LogP contribution in [0.5, 0.6) is 51.7 Å². The molecule has 0 unspecified atom stereocenters. The maximum absolute atomic E-state index is 14.3. The Hall–Kier alpha value is -6.98. The number of carbonyl (C=O) groups excluding carboxylic acids is 4. The highest BCUT2D eigenvalue weighted by Crippen LogP contribution is 2.43. The minimum atomic E-state index is -4.51. The molecule has 0 aliphatic rings. The molecule has 3 aromatic rings. The molecule has 0 aliphatic heterocycles. The van der Waals surface area contributed by atoms with Crippen LogP contribution in [0.4, 0.5) is 0 Å². The molecule has 0 spiro atoms. The lowest BCUT2D eigenvalue weighted by molar-refractivity contribution is -0.123. The van der Waals surface area contributed by atoms with Gasteiger partial charge in [-0.3, -0.25) is 55.6 Å². The molecule has 0 saturated heterocycles. The molecule has 113 heavy (non-hydrogen) atoms. The number of unbranched alkanes of at least 4 members (excludes halogenated alkanes) is 2. The Morgan fingerprint density at radius 3 is 0.681 bits per heavy atom. The molecular weight excluding hydrogens is 1670 g/mol. The minimum Gasteiger partial charge on any atom is -0.489 e. The van der Waals surface area contributed by atoms with Gasteiger partial charge in [0.1, 0.15) is 0 Å². The molecule has 3 rings (SSSR count). The van der Waals surface area contributed by atoms with Crippen LogP contribution in [-0.2, 0) is 85.7 Å². The van der Waals surface area contributed by atoms with Gasteiger partial charge in [0.15, 0.2) is 34.5 Å². The van der Waals surface area contributed by atoms with Gasteiger partial charge >= 0.3 is 0 Å². The lowest BCUT2D eigenvalue weighted by atomic mass is 9.83. The molecule has 3 aromatic carbocycles. The van der Waals surface area contributed by atoms with Gasteiger partial charge in [0.05, 0.1) is 105 Å². The van der Waals surface area contributed by atoms with Crippen molar-refractivity contribution in [3.05, 3.63) is 53.1 Å². The predicted molar refractivity (Wildman–Crippen MR) is 407 cm³/mol. The fourth-order valence-corrected chi connectivity index (χ4v) is 14.2. The maximum atomic E-state index is 14.3. The van der Waals surface area contributed by atoms with E-state index < -0.39 is 196 Å². The average Bonchev–Trinajstić information content (AvgIpc) is 0.833. The van der Waals surface area contributed by atoms with E-state index in [-0.39, 0.29) is 204 Å². The van der Waals surface area contributed by atoms with E-state index in [0.29, 0.717) is 25.7 Å². The Labute approximate surface area is 658 Å². The molecule has 0 fully saturated rings. The van der Waals surface area contributed by atoms with Crippen LogP contribution in [0.25, 0.3) is 0 Å². The van der Waals surface area contributed by atoms with Crippen LogP contribution in [0, 0.1) is 0 Å². The summed E-state index contributed by atoms with van der Waals surface area (Å²) >= 11 is 0. The van der Waals surface area contributed by atoms with Gasteiger partial charge in [-0.05, 0) is 139 Å². The Morgan fingerprint density at radius 1 is 0.292 bits per heavy atom. The third-order valence-corrected chi connectivity index (χ3v) is 22.0. The molecule has 0 atom stereocenters. The molecule has 0 aromatic heterocycles. The molecule has 41 nitrogen and oxygen atoms in total. The van der Waals surface area contributed by atoms with Crippen molar-refractivity contribution in [2.45, 2.75) is 141 Å². The van der Waals surface area contributed by atoms with Crippen LogP contribution < -0.4 is 63.9 Å².